The third kappa shape index (κ3) is 23.6. The summed E-state index contributed by atoms with van der Waals surface area (Å²) in [4.78, 5) is 3.67. The molecule has 5 heterocycles. The van der Waals surface area contributed by atoms with Crippen molar-refractivity contribution in [2.45, 2.75) is 195 Å². The van der Waals surface area contributed by atoms with Crippen molar-refractivity contribution in [3.63, 3.8) is 0 Å². The molecular formula is C101H105N3O20. The minimum atomic E-state index is -1.57. The predicted molar refractivity (Wildman–Crippen MR) is 459 cm³/mol. The lowest BCUT2D eigenvalue weighted by atomic mass is 9.93. The fourth-order valence-corrected chi connectivity index (χ4v) is 16.1. The smallest absolute Gasteiger partial charge is 0.229 e. The van der Waals surface area contributed by atoms with Crippen molar-refractivity contribution < 1.29 is 94.7 Å². The van der Waals surface area contributed by atoms with Crippen LogP contribution in [0.15, 0.2) is 333 Å². The van der Waals surface area contributed by atoms with E-state index in [1.54, 1.807) is 31.4 Å². The Morgan fingerprint density at radius 2 is 0.645 bits per heavy atom. The van der Waals surface area contributed by atoms with Crippen LogP contribution in [0.1, 0.15) is 68.8 Å². The standard InChI is InChI=1S/C101H105N3O20/c1-69-86(108-59-72-37-17-5-18-38-72)91(111-62-75-43-23-8-24-44-75)94(113-64-77-47-27-10-28-48-77)99(116-69)124-96-92(112-63-76-45-25-9-26-46-76)87(109-60-73-39-19-6-20-40-73)82(66-106-57-70-33-13-3-14-34-70)120-101(96)122-90-85(103-104-102)98(118-84-68-115-97(121-89(84)90)79-51-31-12-32-52-79)123-93-88(110-61-74-41-21-7-22-42-74)83(67-107-58-71-35-15-4-16-36-71)119-100(117-81-55-53-80(105-2)54-56-81)95(93)114-65-78-49-29-11-30-50-78/h3-56,69,82-101H,57-68H2,1-2H3/t69-,82+,83+,84+,85+,86+,87-,88-,89-,90+,91+,92-,93-,94-,95+,96+,97-,98-,99-,100+,101-/m0/s1. The summed E-state index contributed by atoms with van der Waals surface area (Å²) in [5, 5.41) is 4.75. The summed E-state index contributed by atoms with van der Waals surface area (Å²) < 4.78 is 145. The first-order valence-electron chi connectivity index (χ1n) is 42.4. The molecule has 5 fully saturated rings. The highest BCUT2D eigenvalue weighted by atomic mass is 16.8. The molecule has 5 aliphatic heterocycles. The second kappa shape index (κ2) is 45.0. The Balaban J connectivity index is 0.841. The third-order valence-corrected chi connectivity index (χ3v) is 22.4. The minimum Gasteiger partial charge on any atom is -0.497 e. The molecule has 0 aliphatic carbocycles. The molecule has 23 nitrogen and oxygen atoms in total. The van der Waals surface area contributed by atoms with E-state index < -0.39 is 129 Å². The highest BCUT2D eigenvalue weighted by molar-refractivity contribution is 5.32. The van der Waals surface area contributed by atoms with Gasteiger partial charge >= 0.3 is 0 Å². The predicted octanol–water partition coefficient (Wildman–Crippen LogP) is 17.5. The SMILES string of the molecule is COc1ccc(O[C@@H]2O[C@H](COCc3ccccc3)[C@H](OCc3ccccc3)[C@H](O[C@@H]3O[C@@H]4CO[C@H](c5ccccc5)O[C@@H]4[C@H](O[C@@H]4O[C@H](COCc5ccccc5)[C@H](OCc5ccccc5)[C@H](OCc5ccccc5)[C@H]4O[C@@H]4O[C@@H](C)[C@@H](OCc5ccccc5)[C@@H](OCc5ccccc5)[C@@H]4OCc4ccccc4)[C@H]3N=[N+]=[N-])[C@H]2OCc2ccccc2)cc1. The van der Waals surface area contributed by atoms with Gasteiger partial charge in [0, 0.05) is 10.5 Å². The number of hydrogen-bond acceptors (Lipinski definition) is 21. The maximum Gasteiger partial charge on any atom is 0.229 e. The monoisotopic (exact) mass is 1680 g/mol. The van der Waals surface area contributed by atoms with E-state index >= 15 is 0 Å². The topological polar surface area (TPSA) is 233 Å². The molecule has 5 aliphatic rings. The molecule has 5 saturated heterocycles. The normalized spacial score (nSPS) is 27.4. The second-order valence-corrected chi connectivity index (χ2v) is 31.1. The van der Waals surface area contributed by atoms with E-state index in [1.807, 2.05) is 310 Å². The zero-order chi connectivity index (χ0) is 84.3. The van der Waals surface area contributed by atoms with Gasteiger partial charge in [-0.2, -0.15) is 0 Å². The number of fused-ring (bicyclic) bond motifs is 1. The van der Waals surface area contributed by atoms with Crippen LogP contribution >= 0.6 is 0 Å². The molecule has 0 unspecified atom stereocenters. The molecule has 0 spiro atoms. The molecular weight excluding hydrogens is 1580 g/mol. The summed E-state index contributed by atoms with van der Waals surface area (Å²) in [5.41, 5.74) is 20.2. The second-order valence-electron chi connectivity index (χ2n) is 31.1. The van der Waals surface area contributed by atoms with Gasteiger partial charge in [0.2, 0.25) is 6.29 Å². The van der Waals surface area contributed by atoms with Crippen LogP contribution in [0.5, 0.6) is 11.5 Å². The van der Waals surface area contributed by atoms with Gasteiger partial charge in [-0.05, 0) is 86.8 Å². The van der Waals surface area contributed by atoms with Crippen LogP contribution in [0, 0.1) is 0 Å². The van der Waals surface area contributed by atoms with Gasteiger partial charge in [0.05, 0.1) is 92.5 Å². The summed E-state index contributed by atoms with van der Waals surface area (Å²) in [6.07, 6.45) is -22.8. The average molecular weight is 1680 g/mol. The molecule has 11 aromatic rings. The van der Waals surface area contributed by atoms with E-state index in [0.29, 0.717) is 17.1 Å². The zero-order valence-corrected chi connectivity index (χ0v) is 69.3. The Bertz CT molecular complexity index is 4940. The lowest BCUT2D eigenvalue weighted by Gasteiger charge is -2.53. The van der Waals surface area contributed by atoms with E-state index in [1.165, 1.54) is 0 Å². The first-order chi connectivity index (χ1) is 61.3. The quantitative estimate of drug-likeness (QED) is 0.0197. The molecule has 0 saturated carbocycles. The lowest BCUT2D eigenvalue weighted by molar-refractivity contribution is -0.408. The molecule has 0 amide bonds. The van der Waals surface area contributed by atoms with E-state index in [4.69, 9.17) is 99.9 Å². The molecule has 124 heavy (non-hydrogen) atoms. The molecule has 16 rings (SSSR count). The van der Waals surface area contributed by atoms with Crippen LogP contribution < -0.4 is 9.47 Å². The lowest BCUT2D eigenvalue weighted by Crippen LogP contribution is -2.69. The Morgan fingerprint density at radius 3 is 1.06 bits per heavy atom. The van der Waals surface area contributed by atoms with Crippen LogP contribution in [0.4, 0.5) is 0 Å². The number of azide groups is 1. The summed E-state index contributed by atoms with van der Waals surface area (Å²) in [6.45, 7) is 2.92. The van der Waals surface area contributed by atoms with Gasteiger partial charge in [0.1, 0.15) is 103 Å². The van der Waals surface area contributed by atoms with Crippen LogP contribution in [0.3, 0.4) is 0 Å². The van der Waals surface area contributed by atoms with Crippen LogP contribution in [-0.4, -0.2) is 150 Å². The van der Waals surface area contributed by atoms with Crippen molar-refractivity contribution in [1.29, 1.82) is 0 Å². The number of rotatable bonds is 40. The molecule has 11 aromatic carbocycles. The summed E-state index contributed by atoms with van der Waals surface area (Å²) in [7, 11) is 1.60. The Hall–Kier alpha value is -10.4. The molecule has 0 radical (unpaired) electrons. The van der Waals surface area contributed by atoms with E-state index in [2.05, 4.69) is 4.91 Å². The van der Waals surface area contributed by atoms with Crippen molar-refractivity contribution in [1.82, 2.24) is 0 Å². The van der Waals surface area contributed by atoms with Gasteiger partial charge in [0.25, 0.3) is 0 Å². The van der Waals surface area contributed by atoms with E-state index in [9.17, 15) is 5.53 Å². The first-order valence-corrected chi connectivity index (χ1v) is 42.4. The van der Waals surface area contributed by atoms with Crippen LogP contribution in [-0.2, 0) is 145 Å². The van der Waals surface area contributed by atoms with Crippen molar-refractivity contribution in [2.75, 3.05) is 26.9 Å². The number of hydrogen-bond donors (Lipinski definition) is 0. The number of ether oxygens (including phenoxy) is 20. The molecule has 21 atom stereocenters. The fourth-order valence-electron chi connectivity index (χ4n) is 16.1. The van der Waals surface area contributed by atoms with Gasteiger partial charge in [0.15, 0.2) is 25.2 Å². The Kier molecular flexibility index (Phi) is 31.6. The maximum atomic E-state index is 11.5. The van der Waals surface area contributed by atoms with Crippen molar-refractivity contribution >= 4 is 0 Å². The van der Waals surface area contributed by atoms with Gasteiger partial charge < -0.3 is 94.7 Å². The van der Waals surface area contributed by atoms with Crippen molar-refractivity contribution in [2.24, 2.45) is 5.11 Å². The van der Waals surface area contributed by atoms with Gasteiger partial charge in [-0.1, -0.05) is 308 Å². The van der Waals surface area contributed by atoms with Gasteiger partial charge in [-0.15, -0.1) is 0 Å². The highest BCUT2D eigenvalue weighted by Gasteiger charge is 2.60. The summed E-state index contributed by atoms with van der Waals surface area (Å²) >= 11 is 0. The number of benzene rings is 11. The molecule has 0 N–H and O–H groups in total. The molecule has 0 aromatic heterocycles. The van der Waals surface area contributed by atoms with Crippen molar-refractivity contribution in [3.05, 3.63) is 394 Å². The third-order valence-electron chi connectivity index (χ3n) is 22.4. The fraction of sp³-hybridized carbons (Fsp3) is 0.347. The average Bonchev–Trinajstić information content (AvgIpc) is 0.748. The van der Waals surface area contributed by atoms with Crippen molar-refractivity contribution in [3.8, 4) is 11.5 Å². The van der Waals surface area contributed by atoms with Gasteiger partial charge in [-0.25, -0.2) is 0 Å². The summed E-state index contributed by atoms with van der Waals surface area (Å²) in [6, 6.07) is 104. The zero-order valence-electron chi connectivity index (χ0n) is 69.3. The molecule has 23 heteroatoms. The van der Waals surface area contributed by atoms with E-state index in [-0.39, 0.29) is 79.3 Å². The molecule has 644 valence electrons. The van der Waals surface area contributed by atoms with Crippen LogP contribution in [0.2, 0.25) is 0 Å². The largest absolute Gasteiger partial charge is 0.497 e. The summed E-state index contributed by atoms with van der Waals surface area (Å²) in [5.74, 6) is 1.03. The van der Waals surface area contributed by atoms with Crippen LogP contribution in [0.25, 0.3) is 10.4 Å². The molecule has 0 bridgehead atoms. The minimum absolute atomic E-state index is 0.0323. The van der Waals surface area contributed by atoms with E-state index in [0.717, 1.165) is 50.1 Å². The Morgan fingerprint density at radius 1 is 0.315 bits per heavy atom. The highest BCUT2D eigenvalue weighted by Crippen LogP contribution is 2.44. The Labute approximate surface area is 723 Å². The number of methoxy groups -OCH3 is 1. The maximum absolute atomic E-state index is 11.5. The number of nitrogens with zero attached hydrogens (tertiary/aromatic N) is 3. The van der Waals surface area contributed by atoms with Gasteiger partial charge in [-0.3, -0.25) is 0 Å². The first kappa shape index (κ1) is 87.1.